The second kappa shape index (κ2) is 7.39. The van der Waals surface area contributed by atoms with Crippen LogP contribution in [0.1, 0.15) is 20.3 Å². The summed E-state index contributed by atoms with van der Waals surface area (Å²) in [7, 11) is 0. The van der Waals surface area contributed by atoms with Crippen molar-refractivity contribution in [2.24, 2.45) is 5.92 Å². The highest BCUT2D eigenvalue weighted by atomic mass is 16.5. The van der Waals surface area contributed by atoms with E-state index in [-0.39, 0.29) is 24.5 Å². The van der Waals surface area contributed by atoms with Gasteiger partial charge in [0.2, 0.25) is 11.8 Å². The Hall–Kier alpha value is -3.15. The van der Waals surface area contributed by atoms with Crippen LogP contribution < -0.4 is 10.6 Å². The maximum atomic E-state index is 12.9. The van der Waals surface area contributed by atoms with E-state index in [0.29, 0.717) is 11.4 Å². The molecular weight excluding hydrogens is 332 g/mol. The number of esters is 1. The van der Waals surface area contributed by atoms with E-state index in [1.54, 1.807) is 19.9 Å². The van der Waals surface area contributed by atoms with Gasteiger partial charge in [-0.2, -0.15) is 0 Å². The number of carbonyl (C=O) groups is 3. The van der Waals surface area contributed by atoms with Gasteiger partial charge in [-0.25, -0.2) is 4.79 Å². The van der Waals surface area contributed by atoms with Gasteiger partial charge in [0.15, 0.2) is 0 Å². The van der Waals surface area contributed by atoms with Crippen LogP contribution in [0.5, 0.6) is 0 Å². The summed E-state index contributed by atoms with van der Waals surface area (Å²) in [5, 5.41) is 7.35. The number of carbonyl (C=O) groups excluding carboxylic acids is 3. The molecule has 2 aromatic rings. The van der Waals surface area contributed by atoms with Crippen LogP contribution in [0.15, 0.2) is 53.7 Å². The number of allylic oxidation sites excluding steroid dienone is 1. The lowest BCUT2D eigenvalue weighted by molar-refractivity contribution is -0.141. The summed E-state index contributed by atoms with van der Waals surface area (Å²) in [4.78, 5) is 37.1. The average molecular weight is 352 g/mol. The normalized spacial score (nSPS) is 17.0. The lowest BCUT2D eigenvalue weighted by atomic mass is 9.89. The predicted octanol–water partition coefficient (Wildman–Crippen LogP) is 2.75. The van der Waals surface area contributed by atoms with Crippen LogP contribution >= 0.6 is 0 Å². The maximum Gasteiger partial charge on any atom is 0.336 e. The van der Waals surface area contributed by atoms with Gasteiger partial charge in [0.1, 0.15) is 0 Å². The lowest BCUT2D eigenvalue weighted by Gasteiger charge is -2.25. The maximum absolute atomic E-state index is 12.9. The predicted molar refractivity (Wildman–Crippen MR) is 98.2 cm³/mol. The molecule has 1 atom stereocenters. The third kappa shape index (κ3) is 3.44. The smallest absolute Gasteiger partial charge is 0.336 e. The first-order valence-corrected chi connectivity index (χ1v) is 8.47. The van der Waals surface area contributed by atoms with E-state index in [9.17, 15) is 14.4 Å². The topological polar surface area (TPSA) is 84.5 Å². The Morgan fingerprint density at radius 3 is 2.69 bits per heavy atom. The van der Waals surface area contributed by atoms with Crippen LogP contribution in [0, 0.1) is 5.92 Å². The zero-order valence-corrected chi connectivity index (χ0v) is 14.7. The molecule has 1 heterocycles. The molecule has 0 unspecified atom stereocenters. The molecule has 0 fully saturated rings. The van der Waals surface area contributed by atoms with E-state index in [1.165, 1.54) is 0 Å². The van der Waals surface area contributed by atoms with Crippen LogP contribution in [-0.4, -0.2) is 24.4 Å². The van der Waals surface area contributed by atoms with Crippen LogP contribution in [0.2, 0.25) is 0 Å². The monoisotopic (exact) mass is 352 g/mol. The van der Waals surface area contributed by atoms with Crippen molar-refractivity contribution in [3.63, 3.8) is 0 Å². The summed E-state index contributed by atoms with van der Waals surface area (Å²) in [6.07, 6.45) is -0.0952. The van der Waals surface area contributed by atoms with E-state index in [1.807, 2.05) is 36.4 Å². The second-order valence-corrected chi connectivity index (χ2v) is 6.08. The van der Waals surface area contributed by atoms with E-state index in [4.69, 9.17) is 4.74 Å². The van der Waals surface area contributed by atoms with E-state index in [2.05, 4.69) is 10.6 Å². The summed E-state index contributed by atoms with van der Waals surface area (Å²) in [6, 6.07) is 13.3. The van der Waals surface area contributed by atoms with E-state index < -0.39 is 17.8 Å². The molecule has 0 radical (unpaired) electrons. The van der Waals surface area contributed by atoms with Gasteiger partial charge in [-0.3, -0.25) is 9.59 Å². The number of anilines is 1. The van der Waals surface area contributed by atoms with Crippen LogP contribution in [0.3, 0.4) is 0 Å². The molecule has 26 heavy (non-hydrogen) atoms. The fraction of sp³-hybridized carbons (Fsp3) is 0.250. The first-order chi connectivity index (χ1) is 12.5. The molecule has 3 rings (SSSR count). The molecule has 2 aromatic carbocycles. The summed E-state index contributed by atoms with van der Waals surface area (Å²) >= 11 is 0. The number of hydrogen-bond donors (Lipinski definition) is 2. The molecule has 0 bridgehead atoms. The Kier molecular flexibility index (Phi) is 5.02. The Labute approximate surface area is 151 Å². The molecule has 2 N–H and O–H groups in total. The standard InChI is InChI=1S/C20H20N2O4/c1-3-26-20(25)18-12(2)21-17(23)11-15(18)19(24)22-16-10-6-8-13-7-4-5-9-14(13)16/h4-10,15H,3,11H2,1-2H3,(H,21,23)(H,22,24)/t15-/m1/s1. The number of benzene rings is 2. The van der Waals surface area contributed by atoms with Crippen molar-refractivity contribution in [3.05, 3.63) is 53.7 Å². The lowest BCUT2D eigenvalue weighted by Crippen LogP contribution is -2.40. The zero-order valence-electron chi connectivity index (χ0n) is 14.7. The Balaban J connectivity index is 1.93. The fourth-order valence-corrected chi connectivity index (χ4v) is 3.16. The molecule has 0 spiro atoms. The number of amides is 2. The number of rotatable bonds is 4. The summed E-state index contributed by atoms with van der Waals surface area (Å²) in [5.74, 6) is -2.17. The van der Waals surface area contributed by atoms with Crippen molar-refractivity contribution in [1.29, 1.82) is 0 Å². The fourth-order valence-electron chi connectivity index (χ4n) is 3.16. The van der Waals surface area contributed by atoms with Gasteiger partial charge in [0.05, 0.1) is 18.1 Å². The SMILES string of the molecule is CCOC(=O)C1=C(C)NC(=O)C[C@H]1C(=O)Nc1cccc2ccccc12. The van der Waals surface area contributed by atoms with Crippen LogP contribution in [0.25, 0.3) is 10.8 Å². The van der Waals surface area contributed by atoms with Gasteiger partial charge in [0, 0.05) is 23.2 Å². The number of nitrogens with one attached hydrogen (secondary N) is 2. The minimum atomic E-state index is -0.887. The molecule has 2 amide bonds. The first kappa shape index (κ1) is 17.7. The highest BCUT2D eigenvalue weighted by molar-refractivity contribution is 6.09. The Morgan fingerprint density at radius 1 is 1.19 bits per heavy atom. The van der Waals surface area contributed by atoms with Crippen molar-refractivity contribution in [2.75, 3.05) is 11.9 Å². The van der Waals surface area contributed by atoms with Crippen LogP contribution in [0.4, 0.5) is 5.69 Å². The average Bonchev–Trinajstić information content (AvgIpc) is 2.61. The molecule has 1 aliphatic rings. The van der Waals surface area contributed by atoms with Crippen LogP contribution in [-0.2, 0) is 19.1 Å². The van der Waals surface area contributed by atoms with Gasteiger partial charge in [-0.15, -0.1) is 0 Å². The molecule has 0 aromatic heterocycles. The summed E-state index contributed by atoms with van der Waals surface area (Å²) < 4.78 is 5.06. The van der Waals surface area contributed by atoms with Gasteiger partial charge in [0.25, 0.3) is 0 Å². The van der Waals surface area contributed by atoms with Crippen molar-refractivity contribution >= 4 is 34.2 Å². The first-order valence-electron chi connectivity index (χ1n) is 8.47. The van der Waals surface area contributed by atoms with Crippen molar-refractivity contribution in [2.45, 2.75) is 20.3 Å². The van der Waals surface area contributed by atoms with Crippen molar-refractivity contribution in [3.8, 4) is 0 Å². The van der Waals surface area contributed by atoms with Gasteiger partial charge in [-0.1, -0.05) is 36.4 Å². The number of fused-ring (bicyclic) bond motifs is 1. The van der Waals surface area contributed by atoms with Gasteiger partial charge in [-0.05, 0) is 25.3 Å². The van der Waals surface area contributed by atoms with E-state index >= 15 is 0 Å². The molecule has 0 saturated carbocycles. The summed E-state index contributed by atoms with van der Waals surface area (Å²) in [6.45, 7) is 3.49. The molecular formula is C20H20N2O4. The third-order valence-corrected chi connectivity index (χ3v) is 4.33. The van der Waals surface area contributed by atoms with Crippen molar-refractivity contribution < 1.29 is 19.1 Å². The highest BCUT2D eigenvalue weighted by Crippen LogP contribution is 2.28. The minimum absolute atomic E-state index is 0.0952. The largest absolute Gasteiger partial charge is 0.463 e. The summed E-state index contributed by atoms with van der Waals surface area (Å²) in [5.41, 5.74) is 1.20. The molecule has 1 aliphatic heterocycles. The Bertz CT molecular complexity index is 912. The van der Waals surface area contributed by atoms with Gasteiger partial charge < -0.3 is 15.4 Å². The minimum Gasteiger partial charge on any atom is -0.463 e. The molecule has 0 aliphatic carbocycles. The number of hydrogen-bond acceptors (Lipinski definition) is 4. The van der Waals surface area contributed by atoms with Gasteiger partial charge >= 0.3 is 5.97 Å². The number of ether oxygens (including phenoxy) is 1. The third-order valence-electron chi connectivity index (χ3n) is 4.33. The highest BCUT2D eigenvalue weighted by Gasteiger charge is 2.36. The zero-order chi connectivity index (χ0) is 18.7. The molecule has 0 saturated heterocycles. The van der Waals surface area contributed by atoms with E-state index in [0.717, 1.165) is 10.8 Å². The molecule has 6 heteroatoms. The molecule has 134 valence electrons. The second-order valence-electron chi connectivity index (χ2n) is 6.08. The van der Waals surface area contributed by atoms with Crippen molar-refractivity contribution in [1.82, 2.24) is 5.32 Å². The Morgan fingerprint density at radius 2 is 1.92 bits per heavy atom. The quantitative estimate of drug-likeness (QED) is 0.829. The molecule has 6 nitrogen and oxygen atoms in total.